The molecule has 0 aromatic carbocycles. The van der Waals surface area contributed by atoms with Crippen LogP contribution in [-0.4, -0.2) is 191 Å². The summed E-state index contributed by atoms with van der Waals surface area (Å²) in [6, 6.07) is 0. The zero-order chi connectivity index (χ0) is 49.3. The van der Waals surface area contributed by atoms with Crippen LogP contribution < -0.4 is 0 Å². The van der Waals surface area contributed by atoms with E-state index in [-0.39, 0.29) is 40.6 Å². The lowest BCUT2D eigenvalue weighted by atomic mass is 9.33. The van der Waals surface area contributed by atoms with Crippen LogP contribution in [0.15, 0.2) is 11.6 Å². The van der Waals surface area contributed by atoms with Crippen LogP contribution >= 0.6 is 0 Å². The fourth-order valence-corrected chi connectivity index (χ4v) is 15.3. The van der Waals surface area contributed by atoms with Gasteiger partial charge in [0.15, 0.2) is 25.0 Å². The first-order valence-corrected chi connectivity index (χ1v) is 24.3. The third-order valence-electron chi connectivity index (χ3n) is 19.4. The number of aliphatic hydroxyl groups excluding tert-OH is 11. The van der Waals surface area contributed by atoms with Gasteiger partial charge in [0.05, 0.1) is 43.0 Å². The van der Waals surface area contributed by atoms with Crippen molar-refractivity contribution in [2.24, 2.45) is 50.2 Å². The Hall–Kier alpha value is -1.47. The minimum Gasteiger partial charge on any atom is -0.479 e. The van der Waals surface area contributed by atoms with Crippen LogP contribution in [0.2, 0.25) is 0 Å². The summed E-state index contributed by atoms with van der Waals surface area (Å²) in [7, 11) is 0. The number of carboxylic acid groups (broad SMARTS) is 1. The van der Waals surface area contributed by atoms with Gasteiger partial charge in [0.1, 0.15) is 61.0 Å². The first-order chi connectivity index (χ1) is 31.1. The molecule has 0 amide bonds. The molecule has 8 rings (SSSR count). The SMILES string of the molecule is C[C@@H]1O[C@@H](OC[C@]23[C@@H](O)CC(C)(C)C[C@H]2C2=CC[C@@H]4[C@@]5(C)CC[C@H](O[C@@H]6O[C@H](C(=O)O)[C@@H](O)[C@H](O[C@@H]7O[C@H](CO)[C@@H](O)[C@H](O)[C@H]7O)[C@H]6O)C(C)(C)[C@@H]5CC[C@@]4(C)[C@]2(C)C[C@@H]3O)[C@H](O)[C@H](O)[C@H]1O. The van der Waals surface area contributed by atoms with Gasteiger partial charge < -0.3 is 89.7 Å². The molecule has 0 spiro atoms. The number of hydrogen-bond donors (Lipinski definition) is 12. The van der Waals surface area contributed by atoms with Gasteiger partial charge in [0, 0.05) is 0 Å². The van der Waals surface area contributed by atoms with Crippen LogP contribution in [0.5, 0.6) is 0 Å². The standard InChI is InChI=1S/C48H78O19/c1-20-29(52)31(54)33(56)40(63-20)62-19-48-22(15-43(2,3)16-26(48)50)21-9-10-25-45(6)13-12-28(44(4,5)24(45)11-14-46(25,7)47(21,8)17-27(48)51)65-42-36(59)37(35(58)38(67-42)39(60)61)66-41-34(57)32(55)30(53)23(18-49)64-41/h9,20,22-38,40-42,49-59H,10-19H2,1-8H3,(H,60,61)/t20-,22-,23+,24-,25+,26-,27-,28-,29-,30+,31+,32-,33+,34+,35-,36+,37-,38-,40+,41-,42+,45-,46+,47+,48+/m0/s1. The summed E-state index contributed by atoms with van der Waals surface area (Å²) < 4.78 is 35.7. The Kier molecular flexibility index (Phi) is 13.9. The van der Waals surface area contributed by atoms with E-state index in [2.05, 4.69) is 54.5 Å². The highest BCUT2D eigenvalue weighted by molar-refractivity contribution is 5.73. The Morgan fingerprint density at radius 3 is 1.97 bits per heavy atom. The summed E-state index contributed by atoms with van der Waals surface area (Å²) in [6.07, 6.45) is -19.3. The molecule has 0 aromatic rings. The maximum Gasteiger partial charge on any atom is 0.335 e. The smallest absolute Gasteiger partial charge is 0.335 e. The van der Waals surface area contributed by atoms with Gasteiger partial charge in [-0.2, -0.15) is 0 Å². The number of carboxylic acids is 1. The van der Waals surface area contributed by atoms with Crippen LogP contribution in [0.25, 0.3) is 0 Å². The summed E-state index contributed by atoms with van der Waals surface area (Å²) in [5.74, 6) is -1.65. The van der Waals surface area contributed by atoms with Gasteiger partial charge in [-0.3, -0.25) is 0 Å². The molecule has 67 heavy (non-hydrogen) atoms. The number of carbonyl (C=O) groups is 1. The zero-order valence-corrected chi connectivity index (χ0v) is 40.0. The van der Waals surface area contributed by atoms with E-state index in [1.807, 2.05) is 0 Å². The second-order valence-corrected chi connectivity index (χ2v) is 23.8. The summed E-state index contributed by atoms with van der Waals surface area (Å²) in [4.78, 5) is 12.4. The molecular weight excluding hydrogens is 881 g/mol. The van der Waals surface area contributed by atoms with E-state index < -0.39 is 139 Å². The summed E-state index contributed by atoms with van der Waals surface area (Å²) in [5, 5.41) is 130. The lowest BCUT2D eigenvalue weighted by molar-refractivity contribution is -0.365. The van der Waals surface area contributed by atoms with E-state index in [0.717, 1.165) is 19.3 Å². The first-order valence-electron chi connectivity index (χ1n) is 24.3. The third kappa shape index (κ3) is 8.01. The van der Waals surface area contributed by atoms with Crippen LogP contribution in [0.3, 0.4) is 0 Å². The predicted octanol–water partition coefficient (Wildman–Crippen LogP) is -0.325. The molecule has 384 valence electrons. The highest BCUT2D eigenvalue weighted by atomic mass is 16.7. The Labute approximate surface area is 392 Å². The van der Waals surface area contributed by atoms with Gasteiger partial charge in [-0.15, -0.1) is 0 Å². The maximum atomic E-state index is 12.7. The largest absolute Gasteiger partial charge is 0.479 e. The molecule has 8 aliphatic rings. The molecule has 5 aliphatic carbocycles. The molecule has 19 nitrogen and oxygen atoms in total. The van der Waals surface area contributed by atoms with Gasteiger partial charge in [-0.05, 0) is 103 Å². The monoisotopic (exact) mass is 959 g/mol. The number of ether oxygens (including phenoxy) is 6. The molecule has 12 N–H and O–H groups in total. The lowest BCUT2D eigenvalue weighted by Crippen LogP contribution is -2.70. The molecule has 0 bridgehead atoms. The lowest BCUT2D eigenvalue weighted by Gasteiger charge is -2.72. The van der Waals surface area contributed by atoms with E-state index in [9.17, 15) is 66.1 Å². The van der Waals surface area contributed by atoms with Crippen molar-refractivity contribution >= 4 is 5.97 Å². The number of allylic oxidation sites excluding steroid dienone is 2. The molecule has 7 fully saturated rings. The Morgan fingerprint density at radius 1 is 0.687 bits per heavy atom. The molecule has 3 heterocycles. The van der Waals surface area contributed by atoms with Gasteiger partial charge >= 0.3 is 5.97 Å². The number of rotatable bonds is 9. The molecule has 3 aliphatic heterocycles. The summed E-state index contributed by atoms with van der Waals surface area (Å²) in [5.41, 5.74) is -1.88. The highest BCUT2D eigenvalue weighted by Gasteiger charge is 2.72. The van der Waals surface area contributed by atoms with Crippen molar-refractivity contribution in [1.29, 1.82) is 0 Å². The zero-order valence-electron chi connectivity index (χ0n) is 40.0. The van der Waals surface area contributed by atoms with Gasteiger partial charge in [-0.25, -0.2) is 4.79 Å². The topological polar surface area (TPSA) is 315 Å². The average Bonchev–Trinajstić information content (AvgIpc) is 3.24. The van der Waals surface area contributed by atoms with Crippen molar-refractivity contribution in [3.8, 4) is 0 Å². The van der Waals surface area contributed by atoms with Gasteiger partial charge in [0.2, 0.25) is 0 Å². The Bertz CT molecular complexity index is 1850. The third-order valence-corrected chi connectivity index (χ3v) is 19.4. The summed E-state index contributed by atoms with van der Waals surface area (Å²) >= 11 is 0. The Balaban J connectivity index is 1.04. The van der Waals surface area contributed by atoms with Crippen molar-refractivity contribution in [2.75, 3.05) is 13.2 Å². The number of fused-ring (bicyclic) bond motifs is 7. The molecule has 0 radical (unpaired) electrons. The van der Waals surface area contributed by atoms with E-state index in [1.165, 1.54) is 5.57 Å². The van der Waals surface area contributed by atoms with Crippen molar-refractivity contribution in [1.82, 2.24) is 0 Å². The van der Waals surface area contributed by atoms with E-state index in [0.29, 0.717) is 32.1 Å². The quantitative estimate of drug-likeness (QED) is 0.104. The van der Waals surface area contributed by atoms with E-state index in [1.54, 1.807) is 6.92 Å². The maximum absolute atomic E-state index is 12.7. The highest BCUT2D eigenvalue weighted by Crippen LogP contribution is 2.76. The fraction of sp³-hybridized carbons (Fsp3) is 0.938. The molecular formula is C48H78O19. The van der Waals surface area contributed by atoms with Gasteiger partial charge in [-0.1, -0.05) is 60.1 Å². The molecule has 19 heteroatoms. The van der Waals surface area contributed by atoms with Crippen LogP contribution in [0.1, 0.15) is 107 Å². The number of aliphatic hydroxyl groups is 11. The minimum absolute atomic E-state index is 0.0627. The average molecular weight is 959 g/mol. The van der Waals surface area contributed by atoms with Crippen molar-refractivity contribution in [3.63, 3.8) is 0 Å². The van der Waals surface area contributed by atoms with Crippen molar-refractivity contribution in [2.45, 2.75) is 217 Å². The van der Waals surface area contributed by atoms with Gasteiger partial charge in [0.25, 0.3) is 0 Å². The van der Waals surface area contributed by atoms with Crippen molar-refractivity contribution in [3.05, 3.63) is 11.6 Å². The molecule has 25 atom stereocenters. The van der Waals surface area contributed by atoms with Crippen LogP contribution in [-0.2, 0) is 33.2 Å². The molecule has 4 saturated carbocycles. The molecule has 0 aromatic heterocycles. The first kappa shape index (κ1) is 51.9. The van der Waals surface area contributed by atoms with E-state index >= 15 is 0 Å². The Morgan fingerprint density at radius 2 is 1.31 bits per heavy atom. The number of aliphatic carboxylic acids is 1. The second kappa shape index (κ2) is 17.9. The molecule has 0 unspecified atom stereocenters. The summed E-state index contributed by atoms with van der Waals surface area (Å²) in [6.45, 7) is 16.1. The number of hydrogen-bond acceptors (Lipinski definition) is 18. The predicted molar refractivity (Wildman–Crippen MR) is 232 cm³/mol. The van der Waals surface area contributed by atoms with E-state index in [4.69, 9.17) is 28.4 Å². The molecule has 3 saturated heterocycles. The van der Waals surface area contributed by atoms with Crippen LogP contribution in [0.4, 0.5) is 0 Å². The second-order valence-electron chi connectivity index (χ2n) is 23.8. The normalized spacial score (nSPS) is 55.0. The van der Waals surface area contributed by atoms with Crippen molar-refractivity contribution < 1.29 is 94.5 Å². The minimum atomic E-state index is -1.98. The van der Waals surface area contributed by atoms with Crippen LogP contribution in [0, 0.1) is 50.2 Å². The fourth-order valence-electron chi connectivity index (χ4n) is 15.3.